The summed E-state index contributed by atoms with van der Waals surface area (Å²) in [4.78, 5) is 36.6. The number of anilines is 1. The predicted octanol–water partition coefficient (Wildman–Crippen LogP) is 3.41. The summed E-state index contributed by atoms with van der Waals surface area (Å²) in [5.41, 5.74) is 3.43. The van der Waals surface area contributed by atoms with E-state index < -0.39 is 17.8 Å². The lowest BCUT2D eigenvalue weighted by molar-refractivity contribution is -0.136. The molecule has 0 radical (unpaired) electrons. The van der Waals surface area contributed by atoms with E-state index in [1.807, 2.05) is 6.92 Å². The molecule has 3 rings (SSSR count). The fourth-order valence-electron chi connectivity index (χ4n) is 2.97. The quantitative estimate of drug-likeness (QED) is 0.155. The number of nitrogens with zero attached hydrogens (tertiary/aromatic N) is 1. The highest BCUT2D eigenvalue weighted by Crippen LogP contribution is 2.28. The van der Waals surface area contributed by atoms with Crippen LogP contribution in [0.25, 0.3) is 0 Å². The average Bonchev–Trinajstić information content (AvgIpc) is 2.90. The van der Waals surface area contributed by atoms with Gasteiger partial charge in [-0.15, -0.1) is 0 Å². The highest BCUT2D eigenvalue weighted by atomic mass is 16.6. The van der Waals surface area contributed by atoms with Crippen molar-refractivity contribution in [3.63, 3.8) is 0 Å². The van der Waals surface area contributed by atoms with Gasteiger partial charge < -0.3 is 24.3 Å². The number of carbonyl (C=O) groups excluding carboxylic acids is 3. The number of hydrogen-bond donors (Lipinski definition) is 2. The number of amides is 2. The third-order valence-corrected chi connectivity index (χ3v) is 4.70. The molecule has 186 valence electrons. The molecule has 0 heterocycles. The fourth-order valence-corrected chi connectivity index (χ4v) is 2.97. The van der Waals surface area contributed by atoms with Gasteiger partial charge in [0.25, 0.3) is 0 Å². The Morgan fingerprint density at radius 3 is 2.33 bits per heavy atom. The van der Waals surface area contributed by atoms with Crippen molar-refractivity contribution in [3.8, 4) is 23.0 Å². The molecule has 10 heteroatoms. The van der Waals surface area contributed by atoms with Crippen LogP contribution in [0.2, 0.25) is 0 Å². The summed E-state index contributed by atoms with van der Waals surface area (Å²) in [6.45, 7) is 2.40. The predicted molar refractivity (Wildman–Crippen MR) is 133 cm³/mol. The average molecular weight is 492 g/mol. The zero-order valence-electron chi connectivity index (χ0n) is 19.9. The van der Waals surface area contributed by atoms with Crippen molar-refractivity contribution in [3.05, 3.63) is 77.9 Å². The van der Waals surface area contributed by atoms with Crippen LogP contribution >= 0.6 is 0 Å². The normalized spacial score (nSPS) is 10.4. The molecule has 36 heavy (non-hydrogen) atoms. The first-order valence-corrected chi connectivity index (χ1v) is 10.8. The second-order valence-corrected chi connectivity index (χ2v) is 7.14. The summed E-state index contributed by atoms with van der Waals surface area (Å²) in [5, 5.41) is 6.24. The number of rotatable bonds is 9. The van der Waals surface area contributed by atoms with Crippen LogP contribution < -0.4 is 29.7 Å². The van der Waals surface area contributed by atoms with E-state index in [0.717, 1.165) is 0 Å². The molecule has 0 unspecified atom stereocenters. The lowest BCUT2D eigenvalue weighted by atomic mass is 10.2. The molecule has 0 aliphatic heterocycles. The van der Waals surface area contributed by atoms with E-state index in [2.05, 4.69) is 15.8 Å². The Morgan fingerprint density at radius 2 is 1.64 bits per heavy atom. The van der Waals surface area contributed by atoms with E-state index in [1.165, 1.54) is 26.5 Å². The maximum Gasteiger partial charge on any atom is 0.343 e. The number of carbonyl (C=O) groups is 3. The van der Waals surface area contributed by atoms with Gasteiger partial charge in [0, 0.05) is 11.8 Å². The third kappa shape index (κ3) is 7.07. The van der Waals surface area contributed by atoms with Gasteiger partial charge >= 0.3 is 17.8 Å². The molecule has 0 aliphatic rings. The molecule has 0 saturated carbocycles. The first kappa shape index (κ1) is 25.8. The fraction of sp³-hybridized carbons (Fsp3) is 0.154. The minimum Gasteiger partial charge on any atom is -0.497 e. The van der Waals surface area contributed by atoms with Crippen molar-refractivity contribution in [2.75, 3.05) is 26.1 Å². The summed E-state index contributed by atoms with van der Waals surface area (Å²) < 4.78 is 21.2. The van der Waals surface area contributed by atoms with Gasteiger partial charge in [0.05, 0.1) is 32.6 Å². The van der Waals surface area contributed by atoms with Crippen molar-refractivity contribution in [2.45, 2.75) is 6.92 Å². The molecule has 0 fully saturated rings. The Bertz CT molecular complexity index is 1260. The van der Waals surface area contributed by atoms with Gasteiger partial charge in [0.15, 0.2) is 11.5 Å². The standard InChI is InChI=1S/C26H25N3O7/c1-4-35-20-11-9-18(10-12-20)26(32)36-22-13-8-17(14-23(22)34-3)16-27-29-25(31)24(30)28-19-6-5-7-21(15-19)33-2/h5-16H,4H2,1-3H3,(H,28,30)(H,29,31). The Morgan fingerprint density at radius 1 is 0.861 bits per heavy atom. The van der Waals surface area contributed by atoms with Crippen LogP contribution in [-0.4, -0.2) is 44.8 Å². The molecule has 3 aromatic carbocycles. The molecule has 2 amide bonds. The van der Waals surface area contributed by atoms with Crippen molar-refractivity contribution in [2.24, 2.45) is 5.10 Å². The molecular formula is C26H25N3O7. The lowest BCUT2D eigenvalue weighted by Gasteiger charge is -2.10. The molecule has 0 atom stereocenters. The Hall–Kier alpha value is -4.86. The monoisotopic (exact) mass is 491 g/mol. The summed E-state index contributed by atoms with van der Waals surface area (Å²) in [5.74, 6) is -0.743. The van der Waals surface area contributed by atoms with Crippen LogP contribution in [0.3, 0.4) is 0 Å². The second-order valence-electron chi connectivity index (χ2n) is 7.14. The SMILES string of the molecule is CCOc1ccc(C(=O)Oc2ccc(C=NNC(=O)C(=O)Nc3cccc(OC)c3)cc2OC)cc1. The molecule has 0 spiro atoms. The Kier molecular flexibility index (Phi) is 8.99. The van der Waals surface area contributed by atoms with E-state index in [-0.39, 0.29) is 11.5 Å². The first-order chi connectivity index (χ1) is 17.4. The smallest absolute Gasteiger partial charge is 0.343 e. The summed E-state index contributed by atoms with van der Waals surface area (Å²) in [7, 11) is 2.92. The summed E-state index contributed by atoms with van der Waals surface area (Å²) in [6, 6.07) is 17.9. The van der Waals surface area contributed by atoms with Crippen LogP contribution in [0, 0.1) is 0 Å². The second kappa shape index (κ2) is 12.6. The van der Waals surface area contributed by atoms with Crippen molar-refractivity contribution >= 4 is 29.7 Å². The number of methoxy groups -OCH3 is 2. The molecule has 10 nitrogen and oxygen atoms in total. The van der Waals surface area contributed by atoms with Crippen LogP contribution in [0.15, 0.2) is 71.8 Å². The highest BCUT2D eigenvalue weighted by molar-refractivity contribution is 6.39. The van der Waals surface area contributed by atoms with Gasteiger partial charge in [-0.1, -0.05) is 6.07 Å². The summed E-state index contributed by atoms with van der Waals surface area (Å²) in [6.07, 6.45) is 1.32. The van der Waals surface area contributed by atoms with E-state index >= 15 is 0 Å². The van der Waals surface area contributed by atoms with Gasteiger partial charge in [-0.3, -0.25) is 9.59 Å². The van der Waals surface area contributed by atoms with Crippen molar-refractivity contribution < 1.29 is 33.3 Å². The van der Waals surface area contributed by atoms with E-state index in [9.17, 15) is 14.4 Å². The Labute approximate surface area is 207 Å². The third-order valence-electron chi connectivity index (χ3n) is 4.70. The van der Waals surface area contributed by atoms with Gasteiger partial charge in [-0.25, -0.2) is 10.2 Å². The van der Waals surface area contributed by atoms with Gasteiger partial charge in [-0.05, 0) is 67.1 Å². The highest BCUT2D eigenvalue weighted by Gasteiger charge is 2.15. The van der Waals surface area contributed by atoms with E-state index in [1.54, 1.807) is 60.7 Å². The van der Waals surface area contributed by atoms with Crippen LogP contribution in [-0.2, 0) is 9.59 Å². The van der Waals surface area contributed by atoms with Crippen LogP contribution in [0.4, 0.5) is 5.69 Å². The van der Waals surface area contributed by atoms with Crippen molar-refractivity contribution in [1.82, 2.24) is 5.43 Å². The number of ether oxygens (including phenoxy) is 4. The number of hydrogen-bond acceptors (Lipinski definition) is 8. The van der Waals surface area contributed by atoms with Gasteiger partial charge in [0.2, 0.25) is 0 Å². The number of nitrogens with one attached hydrogen (secondary N) is 2. The maximum absolute atomic E-state index is 12.5. The van der Waals surface area contributed by atoms with Crippen molar-refractivity contribution in [1.29, 1.82) is 0 Å². The molecule has 0 bridgehead atoms. The zero-order valence-corrected chi connectivity index (χ0v) is 19.9. The topological polar surface area (TPSA) is 125 Å². The minimum absolute atomic E-state index is 0.204. The molecule has 0 aromatic heterocycles. The molecule has 0 aliphatic carbocycles. The molecule has 2 N–H and O–H groups in total. The van der Waals surface area contributed by atoms with E-state index in [0.29, 0.717) is 34.9 Å². The summed E-state index contributed by atoms with van der Waals surface area (Å²) >= 11 is 0. The van der Waals surface area contributed by atoms with Crippen LogP contribution in [0.1, 0.15) is 22.8 Å². The van der Waals surface area contributed by atoms with E-state index in [4.69, 9.17) is 18.9 Å². The largest absolute Gasteiger partial charge is 0.497 e. The van der Waals surface area contributed by atoms with Crippen LogP contribution in [0.5, 0.6) is 23.0 Å². The molecule has 0 saturated heterocycles. The molecule has 3 aromatic rings. The lowest BCUT2D eigenvalue weighted by Crippen LogP contribution is -2.32. The Balaban J connectivity index is 1.59. The zero-order chi connectivity index (χ0) is 25.9. The number of esters is 1. The number of benzene rings is 3. The maximum atomic E-state index is 12.5. The first-order valence-electron chi connectivity index (χ1n) is 10.8. The minimum atomic E-state index is -0.957. The van der Waals surface area contributed by atoms with Gasteiger partial charge in [-0.2, -0.15) is 5.10 Å². The van der Waals surface area contributed by atoms with Gasteiger partial charge in [0.1, 0.15) is 11.5 Å². The number of hydrazone groups is 1. The molecular weight excluding hydrogens is 466 g/mol.